The average molecular weight is 337 g/mol. The number of carbonyl (C=O) groups is 1. The van der Waals surface area contributed by atoms with Crippen molar-refractivity contribution < 1.29 is 4.79 Å². The van der Waals surface area contributed by atoms with Gasteiger partial charge in [0, 0.05) is 23.3 Å². The van der Waals surface area contributed by atoms with Gasteiger partial charge in [-0.15, -0.1) is 0 Å². The number of pyridine rings is 1. The second-order valence-electron chi connectivity index (χ2n) is 4.10. The molecule has 0 saturated carbocycles. The normalized spacial score (nSPS) is 10.3. The van der Waals surface area contributed by atoms with Crippen molar-refractivity contribution in [1.29, 1.82) is 0 Å². The summed E-state index contributed by atoms with van der Waals surface area (Å²) in [5.74, 6) is 0.0258. The fourth-order valence-corrected chi connectivity index (χ4v) is 1.81. The Bertz CT molecular complexity index is 667. The average Bonchev–Trinajstić information content (AvgIpc) is 2.44. The Morgan fingerprint density at radius 2 is 2.15 bits per heavy atom. The van der Waals surface area contributed by atoms with Crippen molar-refractivity contribution in [2.24, 2.45) is 0 Å². The molecule has 0 radical (unpaired) electrons. The van der Waals surface area contributed by atoms with Crippen LogP contribution in [0, 0.1) is 0 Å². The summed E-state index contributed by atoms with van der Waals surface area (Å²) in [6.45, 7) is 2.42. The number of hydrogen-bond donors (Lipinski definition) is 1. The molecule has 2 aromatic rings. The Morgan fingerprint density at radius 1 is 1.35 bits per heavy atom. The van der Waals surface area contributed by atoms with Crippen LogP contribution in [0.15, 0.2) is 39.7 Å². The first-order valence-electron chi connectivity index (χ1n) is 6.11. The third-order valence-electron chi connectivity index (χ3n) is 2.50. The molecule has 7 heteroatoms. The molecule has 0 aliphatic heterocycles. The van der Waals surface area contributed by atoms with Crippen LogP contribution in [0.4, 0.5) is 5.82 Å². The molecule has 0 aliphatic carbocycles. The number of hydrogen-bond acceptors (Lipinski definition) is 4. The van der Waals surface area contributed by atoms with Crippen molar-refractivity contribution in [3.8, 4) is 0 Å². The lowest BCUT2D eigenvalue weighted by molar-refractivity contribution is 0.101. The van der Waals surface area contributed by atoms with Gasteiger partial charge in [-0.1, -0.05) is 6.92 Å². The molecular formula is C13H13BrN4O2. The lowest BCUT2D eigenvalue weighted by Crippen LogP contribution is -2.26. The summed E-state index contributed by atoms with van der Waals surface area (Å²) in [7, 11) is 0. The Balaban J connectivity index is 2.18. The molecule has 20 heavy (non-hydrogen) atoms. The first-order chi connectivity index (χ1) is 9.60. The molecule has 2 rings (SSSR count). The van der Waals surface area contributed by atoms with Gasteiger partial charge < -0.3 is 5.32 Å². The Hall–Kier alpha value is -2.02. The fraction of sp³-hybridized carbons (Fsp3) is 0.231. The van der Waals surface area contributed by atoms with Crippen molar-refractivity contribution >= 4 is 27.7 Å². The van der Waals surface area contributed by atoms with Gasteiger partial charge in [-0.25, -0.2) is 9.67 Å². The number of nitrogens with zero attached hydrogens (tertiary/aromatic N) is 3. The van der Waals surface area contributed by atoms with E-state index in [4.69, 9.17) is 0 Å². The van der Waals surface area contributed by atoms with Crippen molar-refractivity contribution in [3.63, 3.8) is 0 Å². The Labute approximate surface area is 124 Å². The van der Waals surface area contributed by atoms with Crippen LogP contribution in [0.5, 0.6) is 0 Å². The summed E-state index contributed by atoms with van der Waals surface area (Å²) in [4.78, 5) is 27.6. The van der Waals surface area contributed by atoms with Gasteiger partial charge in [-0.05, 0) is 40.5 Å². The van der Waals surface area contributed by atoms with Crippen molar-refractivity contribution in [2.45, 2.75) is 19.9 Å². The highest BCUT2D eigenvalue weighted by Crippen LogP contribution is 2.11. The van der Waals surface area contributed by atoms with Gasteiger partial charge in [0.15, 0.2) is 0 Å². The summed E-state index contributed by atoms with van der Waals surface area (Å²) in [6.07, 6.45) is 2.35. The van der Waals surface area contributed by atoms with Gasteiger partial charge in [0.25, 0.3) is 11.5 Å². The number of halogens is 1. The van der Waals surface area contributed by atoms with Crippen LogP contribution in [0.2, 0.25) is 0 Å². The molecule has 104 valence electrons. The van der Waals surface area contributed by atoms with Crippen LogP contribution in [-0.4, -0.2) is 20.7 Å². The predicted molar refractivity (Wildman–Crippen MR) is 78.7 cm³/mol. The largest absolute Gasteiger partial charge is 0.305 e. The molecule has 0 aliphatic rings. The zero-order valence-electron chi connectivity index (χ0n) is 10.8. The molecule has 0 aromatic carbocycles. The van der Waals surface area contributed by atoms with E-state index in [1.54, 1.807) is 18.3 Å². The summed E-state index contributed by atoms with van der Waals surface area (Å²) < 4.78 is 2.11. The van der Waals surface area contributed by atoms with Crippen LogP contribution in [-0.2, 0) is 6.54 Å². The van der Waals surface area contributed by atoms with Crippen LogP contribution in [0.1, 0.15) is 23.8 Å². The minimum atomic E-state index is -0.398. The van der Waals surface area contributed by atoms with Gasteiger partial charge >= 0.3 is 0 Å². The number of aromatic nitrogens is 3. The Kier molecular flexibility index (Phi) is 4.62. The topological polar surface area (TPSA) is 76.9 Å². The van der Waals surface area contributed by atoms with Crippen LogP contribution < -0.4 is 10.9 Å². The quantitative estimate of drug-likeness (QED) is 0.927. The Morgan fingerprint density at radius 3 is 2.80 bits per heavy atom. The van der Waals surface area contributed by atoms with Gasteiger partial charge in [0.2, 0.25) is 0 Å². The first kappa shape index (κ1) is 14.4. The molecule has 0 fully saturated rings. The maximum absolute atomic E-state index is 12.0. The van der Waals surface area contributed by atoms with E-state index in [0.717, 1.165) is 10.9 Å². The zero-order chi connectivity index (χ0) is 14.5. The number of nitrogens with one attached hydrogen (secondary N) is 1. The fourth-order valence-electron chi connectivity index (χ4n) is 1.57. The zero-order valence-corrected chi connectivity index (χ0v) is 12.4. The third kappa shape index (κ3) is 3.51. The lowest BCUT2D eigenvalue weighted by Gasteiger charge is -2.06. The number of amides is 1. The van der Waals surface area contributed by atoms with E-state index in [-0.39, 0.29) is 11.3 Å². The van der Waals surface area contributed by atoms with Crippen LogP contribution in [0.3, 0.4) is 0 Å². The third-order valence-corrected chi connectivity index (χ3v) is 2.97. The molecule has 0 atom stereocenters. The highest BCUT2D eigenvalue weighted by Gasteiger charge is 2.10. The molecule has 2 heterocycles. The summed E-state index contributed by atoms with van der Waals surface area (Å²) in [5, 5.41) is 6.66. The highest BCUT2D eigenvalue weighted by atomic mass is 79.9. The molecule has 6 nitrogen and oxygen atoms in total. The molecule has 1 amide bonds. The highest BCUT2D eigenvalue weighted by molar-refractivity contribution is 9.10. The number of anilines is 1. The smallest absolute Gasteiger partial charge is 0.277 e. The number of aryl methyl sites for hydroxylation is 1. The van der Waals surface area contributed by atoms with E-state index in [2.05, 4.69) is 31.3 Å². The van der Waals surface area contributed by atoms with Crippen LogP contribution in [0.25, 0.3) is 0 Å². The molecule has 2 aromatic heterocycles. The lowest BCUT2D eigenvalue weighted by atomic mass is 10.3. The SMILES string of the molecule is CCCn1nc(C(=O)Nc2ccc(Br)cn2)ccc1=O. The summed E-state index contributed by atoms with van der Waals surface area (Å²) >= 11 is 3.27. The maximum atomic E-state index is 12.0. The first-order valence-corrected chi connectivity index (χ1v) is 6.90. The van der Waals surface area contributed by atoms with Crippen LogP contribution >= 0.6 is 15.9 Å². The van der Waals surface area contributed by atoms with Gasteiger partial charge in [-0.2, -0.15) is 5.10 Å². The molecule has 0 spiro atoms. The minimum absolute atomic E-state index is 0.183. The predicted octanol–water partition coefficient (Wildman–Crippen LogP) is 2.06. The molecular weight excluding hydrogens is 324 g/mol. The van der Waals surface area contributed by atoms with Crippen molar-refractivity contribution in [3.05, 3.63) is 51.0 Å². The van der Waals surface area contributed by atoms with Crippen molar-refractivity contribution in [1.82, 2.24) is 14.8 Å². The van der Waals surface area contributed by atoms with Gasteiger partial charge in [0.1, 0.15) is 11.5 Å². The van der Waals surface area contributed by atoms with Gasteiger partial charge in [0.05, 0.1) is 0 Å². The monoisotopic (exact) mass is 336 g/mol. The summed E-state index contributed by atoms with van der Waals surface area (Å²) in [5.41, 5.74) is -0.0343. The van der Waals surface area contributed by atoms with E-state index < -0.39 is 5.91 Å². The van der Waals surface area contributed by atoms with E-state index in [9.17, 15) is 9.59 Å². The maximum Gasteiger partial charge on any atom is 0.277 e. The summed E-state index contributed by atoms with van der Waals surface area (Å²) in [6, 6.07) is 6.19. The molecule has 0 bridgehead atoms. The van der Waals surface area contributed by atoms with E-state index >= 15 is 0 Å². The molecule has 0 saturated heterocycles. The second-order valence-corrected chi connectivity index (χ2v) is 5.01. The standard InChI is InChI=1S/C13H13BrN4O2/c1-2-7-18-12(19)6-4-10(17-18)13(20)16-11-5-3-9(14)8-15-11/h3-6,8H,2,7H2,1H3,(H,15,16,20). The van der Waals surface area contributed by atoms with E-state index in [0.29, 0.717) is 12.4 Å². The molecule has 0 unspecified atom stereocenters. The number of rotatable bonds is 4. The van der Waals surface area contributed by atoms with Crippen molar-refractivity contribution in [2.75, 3.05) is 5.32 Å². The molecule has 1 N–H and O–H groups in total. The van der Waals surface area contributed by atoms with E-state index in [1.807, 2.05) is 6.92 Å². The van der Waals surface area contributed by atoms with Gasteiger partial charge in [-0.3, -0.25) is 9.59 Å². The second kappa shape index (κ2) is 6.42. The minimum Gasteiger partial charge on any atom is -0.305 e. The number of carbonyl (C=O) groups excluding carboxylic acids is 1. The van der Waals surface area contributed by atoms with E-state index in [1.165, 1.54) is 16.8 Å².